The molecule has 0 radical (unpaired) electrons. The summed E-state index contributed by atoms with van der Waals surface area (Å²) in [5, 5.41) is 4.94. The van der Waals surface area contributed by atoms with Gasteiger partial charge in [-0.3, -0.25) is 0 Å². The largest absolute Gasteiger partial charge is 0.390 e. The third-order valence-corrected chi connectivity index (χ3v) is 2.22. The fourth-order valence-electron chi connectivity index (χ4n) is 0.746. The van der Waals surface area contributed by atoms with Crippen molar-refractivity contribution in [3.8, 4) is 0 Å². The van der Waals surface area contributed by atoms with E-state index in [2.05, 4.69) is 10.3 Å². The molecule has 1 rings (SSSR count). The first kappa shape index (κ1) is 10.3. The highest BCUT2D eigenvalue weighted by Crippen LogP contribution is 2.20. The summed E-state index contributed by atoms with van der Waals surface area (Å²) in [7, 11) is 0. The zero-order chi connectivity index (χ0) is 9.90. The van der Waals surface area contributed by atoms with Gasteiger partial charge in [-0.15, -0.1) is 11.3 Å². The van der Waals surface area contributed by atoms with E-state index in [1.165, 1.54) is 11.3 Å². The second kappa shape index (κ2) is 3.95. The predicted octanol–water partition coefficient (Wildman–Crippen LogP) is 2.82. The third kappa shape index (κ3) is 4.12. The summed E-state index contributed by atoms with van der Waals surface area (Å²) in [5.41, 5.74) is 0.819. The first-order valence-corrected chi connectivity index (χ1v) is 4.58. The second-order valence-electron chi connectivity index (χ2n) is 2.59. The van der Waals surface area contributed by atoms with Crippen LogP contribution in [0.5, 0.6) is 0 Å². The molecule has 0 aromatic carbocycles. The lowest BCUT2D eigenvalue weighted by Crippen LogP contribution is -2.14. The van der Waals surface area contributed by atoms with E-state index >= 15 is 0 Å². The monoisotopic (exact) mass is 210 g/mol. The number of hydrogen-bond acceptors (Lipinski definition) is 3. The van der Waals surface area contributed by atoms with Gasteiger partial charge >= 0.3 is 6.18 Å². The molecule has 0 fully saturated rings. The number of halogens is 3. The van der Waals surface area contributed by atoms with Crippen LogP contribution in [0.3, 0.4) is 0 Å². The van der Waals surface area contributed by atoms with E-state index in [9.17, 15) is 13.2 Å². The predicted molar refractivity (Wildman–Crippen MR) is 46.0 cm³/mol. The standard InChI is InChI=1S/C7H9F3N2S/c1-5-4-13-6(12-5)11-3-2-7(8,9)10/h4H,2-3H2,1H3,(H,11,12). The number of rotatable bonds is 3. The maximum Gasteiger partial charge on any atom is 0.390 e. The Morgan fingerprint density at radius 3 is 2.69 bits per heavy atom. The van der Waals surface area contributed by atoms with Gasteiger partial charge in [0.05, 0.1) is 12.1 Å². The SMILES string of the molecule is Cc1csc(NCCC(F)(F)F)n1. The normalized spacial score (nSPS) is 11.7. The molecule has 6 heteroatoms. The van der Waals surface area contributed by atoms with Crippen molar-refractivity contribution in [1.29, 1.82) is 0 Å². The molecule has 0 spiro atoms. The number of aryl methyl sites for hydroxylation is 1. The lowest BCUT2D eigenvalue weighted by atomic mass is 10.4. The maximum absolute atomic E-state index is 11.7. The number of aromatic nitrogens is 1. The van der Waals surface area contributed by atoms with Gasteiger partial charge < -0.3 is 5.32 Å². The van der Waals surface area contributed by atoms with Crippen LogP contribution in [0, 0.1) is 6.92 Å². The topological polar surface area (TPSA) is 24.9 Å². The van der Waals surface area contributed by atoms with Crippen LogP contribution in [0.1, 0.15) is 12.1 Å². The van der Waals surface area contributed by atoms with E-state index in [1.807, 2.05) is 0 Å². The fourth-order valence-corrected chi connectivity index (χ4v) is 1.46. The fraction of sp³-hybridized carbons (Fsp3) is 0.571. The zero-order valence-corrected chi connectivity index (χ0v) is 7.80. The number of alkyl halides is 3. The lowest BCUT2D eigenvalue weighted by molar-refractivity contribution is -0.131. The summed E-state index contributed by atoms with van der Waals surface area (Å²) in [4.78, 5) is 3.97. The van der Waals surface area contributed by atoms with Gasteiger partial charge in [-0.25, -0.2) is 4.98 Å². The van der Waals surface area contributed by atoms with Crippen LogP contribution in [-0.4, -0.2) is 17.7 Å². The number of nitrogens with one attached hydrogen (secondary N) is 1. The average molecular weight is 210 g/mol. The van der Waals surface area contributed by atoms with Crippen LogP contribution in [0.2, 0.25) is 0 Å². The molecular formula is C7H9F3N2S. The quantitative estimate of drug-likeness (QED) is 0.829. The first-order chi connectivity index (χ1) is 5.97. The summed E-state index contributed by atoms with van der Waals surface area (Å²) in [6, 6.07) is 0. The van der Waals surface area contributed by atoms with Crippen LogP contribution >= 0.6 is 11.3 Å². The third-order valence-electron chi connectivity index (χ3n) is 1.30. The van der Waals surface area contributed by atoms with Gasteiger partial charge in [0.15, 0.2) is 5.13 Å². The summed E-state index contributed by atoms with van der Waals surface area (Å²) < 4.78 is 35.1. The molecule has 0 unspecified atom stereocenters. The van der Waals surface area contributed by atoms with Crippen LogP contribution in [0.4, 0.5) is 18.3 Å². The van der Waals surface area contributed by atoms with Crippen molar-refractivity contribution >= 4 is 16.5 Å². The van der Waals surface area contributed by atoms with E-state index in [4.69, 9.17) is 0 Å². The Hall–Kier alpha value is -0.780. The Morgan fingerprint density at radius 1 is 1.54 bits per heavy atom. The van der Waals surface area contributed by atoms with Crippen molar-refractivity contribution in [2.75, 3.05) is 11.9 Å². The summed E-state index contributed by atoms with van der Waals surface area (Å²) in [6.45, 7) is 1.68. The van der Waals surface area contributed by atoms with Gasteiger partial charge in [-0.1, -0.05) is 0 Å². The van der Waals surface area contributed by atoms with Gasteiger partial charge in [-0.2, -0.15) is 13.2 Å². The highest BCUT2D eigenvalue weighted by Gasteiger charge is 2.26. The van der Waals surface area contributed by atoms with Crippen molar-refractivity contribution in [2.45, 2.75) is 19.5 Å². The number of anilines is 1. The molecule has 0 amide bonds. The molecule has 2 nitrogen and oxygen atoms in total. The maximum atomic E-state index is 11.7. The molecule has 1 aromatic rings. The number of thiazole rings is 1. The van der Waals surface area contributed by atoms with E-state index in [1.54, 1.807) is 12.3 Å². The molecule has 0 aliphatic heterocycles. The molecule has 1 N–H and O–H groups in total. The zero-order valence-electron chi connectivity index (χ0n) is 6.98. The van der Waals surface area contributed by atoms with Crippen LogP contribution in [0.15, 0.2) is 5.38 Å². The minimum atomic E-state index is -4.10. The molecule has 1 heterocycles. The summed E-state index contributed by atoms with van der Waals surface area (Å²) in [5.74, 6) is 0. The van der Waals surface area contributed by atoms with E-state index < -0.39 is 12.6 Å². The Balaban J connectivity index is 2.28. The van der Waals surface area contributed by atoms with Crippen LogP contribution < -0.4 is 5.32 Å². The van der Waals surface area contributed by atoms with Crippen LogP contribution in [-0.2, 0) is 0 Å². The minimum absolute atomic E-state index is 0.115. The molecule has 0 aliphatic carbocycles. The lowest BCUT2D eigenvalue weighted by Gasteiger charge is -2.05. The average Bonchev–Trinajstić information content (AvgIpc) is 2.33. The van der Waals surface area contributed by atoms with E-state index in [-0.39, 0.29) is 6.54 Å². The van der Waals surface area contributed by atoms with Gasteiger partial charge in [0.2, 0.25) is 0 Å². The number of nitrogens with zero attached hydrogens (tertiary/aromatic N) is 1. The first-order valence-electron chi connectivity index (χ1n) is 3.70. The molecule has 0 aliphatic rings. The molecular weight excluding hydrogens is 201 g/mol. The van der Waals surface area contributed by atoms with Crippen molar-refractivity contribution in [3.63, 3.8) is 0 Å². The Kier molecular flexibility index (Phi) is 3.13. The van der Waals surface area contributed by atoms with Crippen molar-refractivity contribution in [1.82, 2.24) is 4.98 Å². The molecule has 0 bridgehead atoms. The van der Waals surface area contributed by atoms with Crippen molar-refractivity contribution < 1.29 is 13.2 Å². The summed E-state index contributed by atoms with van der Waals surface area (Å²) in [6.07, 6.45) is -4.93. The molecule has 13 heavy (non-hydrogen) atoms. The van der Waals surface area contributed by atoms with Crippen molar-refractivity contribution in [3.05, 3.63) is 11.1 Å². The highest BCUT2D eigenvalue weighted by atomic mass is 32.1. The van der Waals surface area contributed by atoms with E-state index in [0.29, 0.717) is 5.13 Å². The van der Waals surface area contributed by atoms with Gasteiger partial charge in [0.1, 0.15) is 0 Å². The molecule has 1 aromatic heterocycles. The minimum Gasteiger partial charge on any atom is -0.361 e. The molecule has 0 saturated heterocycles. The van der Waals surface area contributed by atoms with Gasteiger partial charge in [-0.05, 0) is 6.92 Å². The molecule has 0 saturated carbocycles. The highest BCUT2D eigenvalue weighted by molar-refractivity contribution is 7.13. The smallest absolute Gasteiger partial charge is 0.361 e. The van der Waals surface area contributed by atoms with Gasteiger partial charge in [0, 0.05) is 11.9 Å². The molecule has 0 atom stereocenters. The van der Waals surface area contributed by atoms with Gasteiger partial charge in [0.25, 0.3) is 0 Å². The van der Waals surface area contributed by atoms with Crippen molar-refractivity contribution in [2.24, 2.45) is 0 Å². The molecule has 74 valence electrons. The van der Waals surface area contributed by atoms with E-state index in [0.717, 1.165) is 5.69 Å². The van der Waals surface area contributed by atoms with Crippen LogP contribution in [0.25, 0.3) is 0 Å². The Morgan fingerprint density at radius 2 is 2.23 bits per heavy atom. The Bertz CT molecular complexity index is 269. The number of hydrogen-bond donors (Lipinski definition) is 1. The Labute approximate surface area is 77.8 Å². The summed E-state index contributed by atoms with van der Waals surface area (Å²) >= 11 is 1.31. The second-order valence-corrected chi connectivity index (χ2v) is 3.44.